The summed E-state index contributed by atoms with van der Waals surface area (Å²) in [6.07, 6.45) is 2.09. The molecule has 1 aromatic carbocycles. The molecule has 1 N–H and O–H groups in total. The third-order valence-electron chi connectivity index (χ3n) is 3.14. The zero-order valence-electron chi connectivity index (χ0n) is 10.7. The van der Waals surface area contributed by atoms with E-state index in [1.54, 1.807) is 0 Å². The molecular weight excluding hydrogens is 214 g/mol. The molecule has 0 amide bonds. The van der Waals surface area contributed by atoms with Gasteiger partial charge in [-0.25, -0.2) is 0 Å². The molecule has 0 aliphatic carbocycles. The number of piperidine rings is 1. The molecule has 17 heavy (non-hydrogen) atoms. The average molecular weight is 235 g/mol. The summed E-state index contributed by atoms with van der Waals surface area (Å²) in [6, 6.07) is 7.90. The van der Waals surface area contributed by atoms with Crippen molar-refractivity contribution in [3.8, 4) is 11.5 Å². The van der Waals surface area contributed by atoms with Crippen molar-refractivity contribution in [2.24, 2.45) is 0 Å². The van der Waals surface area contributed by atoms with Crippen LogP contribution in [-0.2, 0) is 0 Å². The second-order valence-corrected chi connectivity index (χ2v) is 4.71. The molecule has 1 heterocycles. The van der Waals surface area contributed by atoms with E-state index in [1.165, 1.54) is 0 Å². The molecule has 1 fully saturated rings. The Morgan fingerprint density at radius 2 is 1.94 bits per heavy atom. The summed E-state index contributed by atoms with van der Waals surface area (Å²) in [5.41, 5.74) is -0.0455. The Balaban J connectivity index is 2.04. The second kappa shape index (κ2) is 5.41. The molecule has 0 unspecified atom stereocenters. The van der Waals surface area contributed by atoms with E-state index in [4.69, 9.17) is 9.47 Å². The van der Waals surface area contributed by atoms with Gasteiger partial charge in [-0.2, -0.15) is 0 Å². The van der Waals surface area contributed by atoms with Gasteiger partial charge in [0.25, 0.3) is 0 Å². The number of rotatable bonds is 4. The number of nitrogens with one attached hydrogen (secondary N) is 1. The third-order valence-corrected chi connectivity index (χ3v) is 3.14. The van der Waals surface area contributed by atoms with Gasteiger partial charge in [0, 0.05) is 6.07 Å². The minimum Gasteiger partial charge on any atom is -0.494 e. The summed E-state index contributed by atoms with van der Waals surface area (Å²) in [5, 5.41) is 3.35. The van der Waals surface area contributed by atoms with E-state index in [2.05, 4.69) is 12.2 Å². The first kappa shape index (κ1) is 12.2. The maximum absolute atomic E-state index is 6.11. The summed E-state index contributed by atoms with van der Waals surface area (Å²) in [4.78, 5) is 0. The highest BCUT2D eigenvalue weighted by molar-refractivity contribution is 5.33. The largest absolute Gasteiger partial charge is 0.494 e. The molecule has 3 heteroatoms. The van der Waals surface area contributed by atoms with E-state index in [1.807, 2.05) is 31.2 Å². The summed E-state index contributed by atoms with van der Waals surface area (Å²) < 4.78 is 11.6. The van der Waals surface area contributed by atoms with Crippen LogP contribution in [0.15, 0.2) is 24.3 Å². The Morgan fingerprint density at radius 1 is 1.24 bits per heavy atom. The van der Waals surface area contributed by atoms with Crippen molar-refractivity contribution in [2.45, 2.75) is 32.3 Å². The van der Waals surface area contributed by atoms with Crippen LogP contribution in [0.3, 0.4) is 0 Å². The fourth-order valence-electron chi connectivity index (χ4n) is 2.14. The van der Waals surface area contributed by atoms with Crippen LogP contribution in [0.1, 0.15) is 26.7 Å². The van der Waals surface area contributed by atoms with Crippen LogP contribution in [-0.4, -0.2) is 25.3 Å². The Labute approximate surface area is 103 Å². The molecule has 1 aromatic rings. The maximum Gasteiger partial charge on any atom is 0.123 e. The second-order valence-electron chi connectivity index (χ2n) is 4.71. The first-order valence-corrected chi connectivity index (χ1v) is 6.34. The lowest BCUT2D eigenvalue weighted by atomic mass is 9.94. The summed E-state index contributed by atoms with van der Waals surface area (Å²) >= 11 is 0. The van der Waals surface area contributed by atoms with Crippen molar-refractivity contribution < 1.29 is 9.47 Å². The summed E-state index contributed by atoms with van der Waals surface area (Å²) in [7, 11) is 0. The molecule has 0 radical (unpaired) electrons. The molecule has 0 bridgehead atoms. The van der Waals surface area contributed by atoms with Crippen molar-refractivity contribution in [3.63, 3.8) is 0 Å². The lowest BCUT2D eigenvalue weighted by molar-refractivity contribution is 0.0553. The Morgan fingerprint density at radius 3 is 2.65 bits per heavy atom. The first-order valence-electron chi connectivity index (χ1n) is 6.34. The molecule has 2 rings (SSSR count). The smallest absolute Gasteiger partial charge is 0.123 e. The Hall–Kier alpha value is -1.22. The van der Waals surface area contributed by atoms with Crippen molar-refractivity contribution in [3.05, 3.63) is 24.3 Å². The number of benzene rings is 1. The molecule has 0 saturated carbocycles. The minimum atomic E-state index is -0.0455. The zero-order chi connectivity index (χ0) is 12.1. The highest BCUT2D eigenvalue weighted by Crippen LogP contribution is 2.28. The SMILES string of the molecule is CCOc1cccc(OC2(C)CCNCC2)c1. The molecular formula is C14H21NO2. The predicted molar refractivity (Wildman–Crippen MR) is 68.7 cm³/mol. The van der Waals surface area contributed by atoms with E-state index in [9.17, 15) is 0 Å². The number of ether oxygens (including phenoxy) is 2. The standard InChI is InChI=1S/C14H21NO2/c1-3-16-12-5-4-6-13(11-12)17-14(2)7-9-15-10-8-14/h4-6,11,15H,3,7-10H2,1-2H3. The van der Waals surface area contributed by atoms with Crippen molar-refractivity contribution in [2.75, 3.05) is 19.7 Å². The van der Waals surface area contributed by atoms with Crippen molar-refractivity contribution >= 4 is 0 Å². The summed E-state index contributed by atoms with van der Waals surface area (Å²) in [5.74, 6) is 1.78. The first-order chi connectivity index (χ1) is 8.22. The third kappa shape index (κ3) is 3.37. The zero-order valence-corrected chi connectivity index (χ0v) is 10.7. The monoisotopic (exact) mass is 235 g/mol. The van der Waals surface area contributed by atoms with Gasteiger partial charge in [0.1, 0.15) is 17.1 Å². The molecule has 0 aromatic heterocycles. The van der Waals surface area contributed by atoms with Crippen LogP contribution in [0.25, 0.3) is 0 Å². The van der Waals surface area contributed by atoms with Gasteiger partial charge in [0.15, 0.2) is 0 Å². The van der Waals surface area contributed by atoms with Gasteiger partial charge < -0.3 is 14.8 Å². The molecule has 1 saturated heterocycles. The van der Waals surface area contributed by atoms with Gasteiger partial charge in [0.2, 0.25) is 0 Å². The number of hydrogen-bond donors (Lipinski definition) is 1. The molecule has 1 aliphatic rings. The van der Waals surface area contributed by atoms with Crippen LogP contribution >= 0.6 is 0 Å². The van der Waals surface area contributed by atoms with Crippen molar-refractivity contribution in [1.29, 1.82) is 0 Å². The normalized spacial score (nSPS) is 18.7. The molecule has 0 spiro atoms. The quantitative estimate of drug-likeness (QED) is 0.870. The van der Waals surface area contributed by atoms with Crippen LogP contribution in [0.2, 0.25) is 0 Å². The molecule has 0 atom stereocenters. The van der Waals surface area contributed by atoms with E-state index >= 15 is 0 Å². The van der Waals surface area contributed by atoms with Crippen LogP contribution in [0.5, 0.6) is 11.5 Å². The van der Waals surface area contributed by atoms with E-state index in [0.717, 1.165) is 37.4 Å². The predicted octanol–water partition coefficient (Wildman–Crippen LogP) is 2.61. The summed E-state index contributed by atoms with van der Waals surface area (Å²) in [6.45, 7) is 6.91. The van der Waals surface area contributed by atoms with Gasteiger partial charge in [-0.3, -0.25) is 0 Å². The van der Waals surface area contributed by atoms with Crippen LogP contribution in [0.4, 0.5) is 0 Å². The Kier molecular flexibility index (Phi) is 3.89. The number of hydrogen-bond acceptors (Lipinski definition) is 3. The van der Waals surface area contributed by atoms with E-state index in [0.29, 0.717) is 6.61 Å². The lowest BCUT2D eigenvalue weighted by Crippen LogP contribution is -2.43. The van der Waals surface area contributed by atoms with Gasteiger partial charge in [-0.15, -0.1) is 0 Å². The van der Waals surface area contributed by atoms with Crippen LogP contribution < -0.4 is 14.8 Å². The lowest BCUT2D eigenvalue weighted by Gasteiger charge is -2.34. The van der Waals surface area contributed by atoms with Gasteiger partial charge >= 0.3 is 0 Å². The average Bonchev–Trinajstić information content (AvgIpc) is 2.30. The van der Waals surface area contributed by atoms with Crippen molar-refractivity contribution in [1.82, 2.24) is 5.32 Å². The highest BCUT2D eigenvalue weighted by atomic mass is 16.5. The molecule has 94 valence electrons. The topological polar surface area (TPSA) is 30.5 Å². The fourth-order valence-corrected chi connectivity index (χ4v) is 2.14. The van der Waals surface area contributed by atoms with Gasteiger partial charge in [-0.1, -0.05) is 6.07 Å². The van der Waals surface area contributed by atoms with Crippen LogP contribution in [0, 0.1) is 0 Å². The molecule has 3 nitrogen and oxygen atoms in total. The molecule has 1 aliphatic heterocycles. The van der Waals surface area contributed by atoms with E-state index in [-0.39, 0.29) is 5.60 Å². The maximum atomic E-state index is 6.11. The van der Waals surface area contributed by atoms with E-state index < -0.39 is 0 Å². The fraction of sp³-hybridized carbons (Fsp3) is 0.571. The van der Waals surface area contributed by atoms with Gasteiger partial charge in [-0.05, 0) is 51.9 Å². The Bertz CT molecular complexity index is 359. The van der Waals surface area contributed by atoms with Gasteiger partial charge in [0.05, 0.1) is 6.61 Å². The minimum absolute atomic E-state index is 0.0455. The highest BCUT2D eigenvalue weighted by Gasteiger charge is 2.28.